The van der Waals surface area contributed by atoms with Crippen molar-refractivity contribution in [1.29, 1.82) is 5.26 Å². The van der Waals surface area contributed by atoms with E-state index in [1.807, 2.05) is 38.9 Å². The number of benzene rings is 2. The van der Waals surface area contributed by atoms with E-state index in [0.717, 1.165) is 17.6 Å². The number of ether oxygens (including phenoxy) is 2. The predicted molar refractivity (Wildman–Crippen MR) is 134 cm³/mol. The smallest absolute Gasteiger partial charge is 0.444 e. The minimum Gasteiger partial charge on any atom is -0.444 e. The Morgan fingerprint density at radius 1 is 1.19 bits per heavy atom. The average Bonchev–Trinajstić information content (AvgIpc) is 2.75. The zero-order valence-electron chi connectivity index (χ0n) is 21.6. The maximum absolute atomic E-state index is 12.6. The highest BCUT2D eigenvalue weighted by Gasteiger charge is 2.31. The Bertz CT molecular complexity index is 1160. The quantitative estimate of drug-likeness (QED) is 0.432. The van der Waals surface area contributed by atoms with E-state index in [9.17, 15) is 23.2 Å². The Labute approximate surface area is 210 Å². The summed E-state index contributed by atoms with van der Waals surface area (Å²) in [6, 6.07) is 9.55. The van der Waals surface area contributed by atoms with Gasteiger partial charge in [0.25, 0.3) is 0 Å². The molecule has 0 aromatic heterocycles. The monoisotopic (exact) mass is 503 g/mol. The van der Waals surface area contributed by atoms with Crippen LogP contribution < -0.4 is 15.0 Å². The lowest BCUT2D eigenvalue weighted by Gasteiger charge is -2.25. The van der Waals surface area contributed by atoms with E-state index in [2.05, 4.69) is 16.1 Å². The van der Waals surface area contributed by atoms with Crippen LogP contribution >= 0.6 is 0 Å². The number of nitrogens with zero attached hydrogens (tertiary/aromatic N) is 2. The molecule has 0 saturated carbocycles. The van der Waals surface area contributed by atoms with Crippen LogP contribution in [0, 0.1) is 18.3 Å². The van der Waals surface area contributed by atoms with Crippen LogP contribution in [0.15, 0.2) is 42.1 Å². The molecular formula is C27H32F3N3O3. The molecule has 1 N–H and O–H groups in total. The van der Waals surface area contributed by atoms with Crippen molar-refractivity contribution in [2.24, 2.45) is 0 Å². The van der Waals surface area contributed by atoms with Crippen LogP contribution in [-0.4, -0.2) is 25.1 Å². The number of carbonyl (C=O) groups excluding carboxylic acids is 1. The van der Waals surface area contributed by atoms with Crippen molar-refractivity contribution in [2.75, 3.05) is 11.9 Å². The summed E-state index contributed by atoms with van der Waals surface area (Å²) < 4.78 is 47.1. The molecule has 0 aliphatic heterocycles. The number of nitriles is 1. The Morgan fingerprint density at radius 2 is 1.81 bits per heavy atom. The molecule has 36 heavy (non-hydrogen) atoms. The standard InChI is InChI=1S/C27H32F3N3O3/c1-8-17(2)16-33(7)24-18(3)22(19-9-11-21(12-10-19)35-27(28,29)30)13-20(23(24)14-31)15-32-25(34)36-26(4,5)6/h9-13,16H,8,15H2,1-7H3,(H,32,34)/b17-16+. The molecular weight excluding hydrogens is 471 g/mol. The molecule has 9 heteroatoms. The van der Waals surface area contributed by atoms with Crippen molar-refractivity contribution in [3.05, 3.63) is 58.8 Å². The lowest BCUT2D eigenvalue weighted by Crippen LogP contribution is -2.32. The molecule has 6 nitrogen and oxygen atoms in total. The lowest BCUT2D eigenvalue weighted by molar-refractivity contribution is -0.274. The van der Waals surface area contributed by atoms with E-state index < -0.39 is 18.1 Å². The second-order valence-electron chi connectivity index (χ2n) is 9.41. The molecule has 1 amide bonds. The number of hydrogen-bond donors (Lipinski definition) is 1. The van der Waals surface area contributed by atoms with Gasteiger partial charge >= 0.3 is 12.5 Å². The molecule has 0 atom stereocenters. The molecule has 2 rings (SSSR count). The maximum Gasteiger partial charge on any atom is 0.573 e. The molecule has 194 valence electrons. The first-order chi connectivity index (χ1) is 16.6. The van der Waals surface area contributed by atoms with E-state index in [1.165, 1.54) is 24.3 Å². The second kappa shape index (κ2) is 11.4. The van der Waals surface area contributed by atoms with Crippen LogP contribution in [0.25, 0.3) is 11.1 Å². The zero-order valence-corrected chi connectivity index (χ0v) is 21.6. The number of halogens is 3. The summed E-state index contributed by atoms with van der Waals surface area (Å²) in [5.41, 5.74) is 4.08. The third-order valence-corrected chi connectivity index (χ3v) is 5.29. The number of anilines is 1. The van der Waals surface area contributed by atoms with Crippen LogP contribution in [0.5, 0.6) is 5.75 Å². The topological polar surface area (TPSA) is 74.6 Å². The summed E-state index contributed by atoms with van der Waals surface area (Å²) in [5.74, 6) is -0.330. The number of carbonyl (C=O) groups is 1. The number of alkyl halides is 3. The van der Waals surface area contributed by atoms with Gasteiger partial charge in [0.15, 0.2) is 0 Å². The molecule has 0 aliphatic rings. The van der Waals surface area contributed by atoms with Crippen molar-refractivity contribution in [3.8, 4) is 22.9 Å². The highest BCUT2D eigenvalue weighted by atomic mass is 19.4. The van der Waals surface area contributed by atoms with Crippen LogP contribution in [0.2, 0.25) is 0 Å². The molecule has 0 radical (unpaired) electrons. The SMILES string of the molecule is CC/C(C)=C/N(C)c1c(C)c(-c2ccc(OC(F)(F)F)cc2)cc(CNC(=O)OC(C)(C)C)c1C#N. The van der Waals surface area contributed by atoms with Gasteiger partial charge in [-0.05, 0) is 81.5 Å². The van der Waals surface area contributed by atoms with Gasteiger partial charge in [-0.25, -0.2) is 4.79 Å². The number of amides is 1. The first-order valence-corrected chi connectivity index (χ1v) is 11.4. The minimum absolute atomic E-state index is 0.0255. The highest BCUT2D eigenvalue weighted by Crippen LogP contribution is 2.37. The summed E-state index contributed by atoms with van der Waals surface area (Å²) >= 11 is 0. The fourth-order valence-electron chi connectivity index (χ4n) is 3.63. The van der Waals surface area contributed by atoms with E-state index in [0.29, 0.717) is 27.9 Å². The zero-order chi connectivity index (χ0) is 27.3. The molecule has 0 saturated heterocycles. The van der Waals surface area contributed by atoms with Crippen molar-refractivity contribution in [3.63, 3.8) is 0 Å². The van der Waals surface area contributed by atoms with Gasteiger partial charge in [-0.15, -0.1) is 13.2 Å². The van der Waals surface area contributed by atoms with E-state index in [4.69, 9.17) is 4.74 Å². The first kappa shape index (κ1) is 28.6. The molecule has 0 unspecified atom stereocenters. The molecule has 0 heterocycles. The number of nitrogens with one attached hydrogen (secondary N) is 1. The Balaban J connectivity index is 2.61. The summed E-state index contributed by atoms with van der Waals surface area (Å²) in [6.45, 7) is 11.1. The van der Waals surface area contributed by atoms with Crippen molar-refractivity contribution in [1.82, 2.24) is 5.32 Å². The number of rotatable bonds is 7. The van der Waals surface area contributed by atoms with Gasteiger partial charge in [-0.3, -0.25) is 0 Å². The van der Waals surface area contributed by atoms with Gasteiger partial charge < -0.3 is 19.7 Å². The van der Waals surface area contributed by atoms with Gasteiger partial charge in [0.05, 0.1) is 11.3 Å². The van der Waals surface area contributed by atoms with Crippen molar-refractivity contribution in [2.45, 2.75) is 66.5 Å². The number of alkyl carbamates (subject to hydrolysis) is 1. The fraction of sp³-hybridized carbons (Fsp3) is 0.407. The van der Waals surface area contributed by atoms with Crippen LogP contribution in [0.3, 0.4) is 0 Å². The molecule has 0 bridgehead atoms. The normalized spacial score (nSPS) is 12.1. The second-order valence-corrected chi connectivity index (χ2v) is 9.41. The summed E-state index contributed by atoms with van der Waals surface area (Å²) in [5, 5.41) is 12.7. The molecule has 2 aromatic rings. The minimum atomic E-state index is -4.79. The van der Waals surface area contributed by atoms with Gasteiger partial charge in [0, 0.05) is 19.8 Å². The van der Waals surface area contributed by atoms with E-state index in [1.54, 1.807) is 26.8 Å². The summed E-state index contributed by atoms with van der Waals surface area (Å²) in [4.78, 5) is 14.1. The summed E-state index contributed by atoms with van der Waals surface area (Å²) in [7, 11) is 1.83. The predicted octanol–water partition coefficient (Wildman–Crippen LogP) is 7.21. The van der Waals surface area contributed by atoms with Crippen molar-refractivity contribution < 1.29 is 27.4 Å². The van der Waals surface area contributed by atoms with Gasteiger partial charge in [0.2, 0.25) is 0 Å². The van der Waals surface area contributed by atoms with Gasteiger partial charge in [0.1, 0.15) is 17.4 Å². The largest absolute Gasteiger partial charge is 0.573 e. The third kappa shape index (κ3) is 7.94. The molecule has 0 fully saturated rings. The lowest BCUT2D eigenvalue weighted by atomic mass is 9.92. The number of allylic oxidation sites excluding steroid dienone is 1. The van der Waals surface area contributed by atoms with E-state index in [-0.39, 0.29) is 12.3 Å². The van der Waals surface area contributed by atoms with Gasteiger partial charge in [-0.2, -0.15) is 5.26 Å². The third-order valence-electron chi connectivity index (χ3n) is 5.29. The Hall–Kier alpha value is -3.67. The van der Waals surface area contributed by atoms with Crippen LogP contribution in [-0.2, 0) is 11.3 Å². The van der Waals surface area contributed by atoms with Gasteiger partial charge in [-0.1, -0.05) is 24.6 Å². The highest BCUT2D eigenvalue weighted by molar-refractivity contribution is 5.81. The maximum atomic E-state index is 12.6. The first-order valence-electron chi connectivity index (χ1n) is 11.4. The molecule has 2 aromatic carbocycles. The van der Waals surface area contributed by atoms with Crippen LogP contribution in [0.1, 0.15) is 57.7 Å². The molecule has 0 aliphatic carbocycles. The Kier molecular flexibility index (Phi) is 9.03. The Morgan fingerprint density at radius 3 is 2.31 bits per heavy atom. The average molecular weight is 504 g/mol. The summed E-state index contributed by atoms with van der Waals surface area (Å²) in [6.07, 6.45) is -2.67. The number of hydrogen-bond acceptors (Lipinski definition) is 5. The van der Waals surface area contributed by atoms with E-state index >= 15 is 0 Å². The van der Waals surface area contributed by atoms with Crippen molar-refractivity contribution >= 4 is 11.8 Å². The molecule has 0 spiro atoms. The van der Waals surface area contributed by atoms with Crippen LogP contribution in [0.4, 0.5) is 23.7 Å². The fourth-order valence-corrected chi connectivity index (χ4v) is 3.63.